The molecule has 1 saturated heterocycles. The fourth-order valence-corrected chi connectivity index (χ4v) is 4.28. The van der Waals surface area contributed by atoms with Gasteiger partial charge in [0.1, 0.15) is 11.5 Å². The van der Waals surface area contributed by atoms with Crippen LogP contribution in [0.25, 0.3) is 0 Å². The van der Waals surface area contributed by atoms with Gasteiger partial charge in [-0.05, 0) is 24.3 Å². The number of nitrogens with zero attached hydrogens (tertiary/aromatic N) is 1. The molecule has 3 rings (SSSR count). The third kappa shape index (κ3) is 5.65. The summed E-state index contributed by atoms with van der Waals surface area (Å²) < 4.78 is 47.6. The summed E-state index contributed by atoms with van der Waals surface area (Å²) in [7, 11) is 1.44. The van der Waals surface area contributed by atoms with Gasteiger partial charge in [0.05, 0.1) is 17.5 Å². The molecule has 1 N–H and O–H groups in total. The summed E-state index contributed by atoms with van der Waals surface area (Å²) in [4.78, 5) is 3.28. The van der Waals surface area contributed by atoms with E-state index in [0.717, 1.165) is 36.6 Å². The minimum absolute atomic E-state index is 0. The van der Waals surface area contributed by atoms with Gasteiger partial charge in [0, 0.05) is 42.7 Å². The normalized spacial score (nSPS) is 16.5. The maximum absolute atomic E-state index is 12.5. The van der Waals surface area contributed by atoms with Crippen molar-refractivity contribution < 1.29 is 22.6 Å². The fourth-order valence-electron chi connectivity index (χ4n) is 3.06. The van der Waals surface area contributed by atoms with E-state index in [4.69, 9.17) is 16.3 Å². The number of rotatable bonds is 5. The summed E-state index contributed by atoms with van der Waals surface area (Å²) in [5.41, 5.74) is 0.780. The number of hydrogen-bond donors (Lipinski definition) is 1. The van der Waals surface area contributed by atoms with Crippen molar-refractivity contribution in [3.63, 3.8) is 0 Å². The molecular weight excluding hydrogens is 424 g/mol. The minimum atomic E-state index is -4.74. The third-order valence-electron chi connectivity index (χ3n) is 4.11. The van der Waals surface area contributed by atoms with Crippen molar-refractivity contribution in [1.82, 2.24) is 10.2 Å². The van der Waals surface area contributed by atoms with E-state index in [9.17, 15) is 13.2 Å². The molecule has 1 aliphatic rings. The fraction of sp³-hybridized carbons (Fsp3) is 0.412. The van der Waals surface area contributed by atoms with Crippen LogP contribution >= 0.6 is 35.3 Å². The van der Waals surface area contributed by atoms with Crippen molar-refractivity contribution in [2.75, 3.05) is 33.3 Å². The molecule has 0 radical (unpaired) electrons. The van der Waals surface area contributed by atoms with Crippen molar-refractivity contribution >= 4 is 35.3 Å². The highest BCUT2D eigenvalue weighted by Crippen LogP contribution is 2.41. The van der Waals surface area contributed by atoms with Crippen molar-refractivity contribution in [2.24, 2.45) is 0 Å². The summed E-state index contributed by atoms with van der Waals surface area (Å²) in [6.45, 7) is 3.30. The molecule has 10 heteroatoms. The molecule has 0 amide bonds. The van der Waals surface area contributed by atoms with Crippen LogP contribution in [-0.2, 0) is 0 Å². The van der Waals surface area contributed by atoms with Crippen LogP contribution in [0.3, 0.4) is 0 Å². The first-order valence-corrected chi connectivity index (χ1v) is 9.20. The summed E-state index contributed by atoms with van der Waals surface area (Å²) in [6.07, 6.45) is -4.74. The van der Waals surface area contributed by atoms with E-state index in [-0.39, 0.29) is 24.2 Å². The lowest BCUT2D eigenvalue weighted by Gasteiger charge is -2.35. The Morgan fingerprint density at radius 3 is 2.44 bits per heavy atom. The first-order valence-electron chi connectivity index (χ1n) is 8.01. The molecule has 0 aliphatic carbocycles. The van der Waals surface area contributed by atoms with Crippen LogP contribution in [0.1, 0.15) is 16.5 Å². The number of benzene rings is 1. The predicted molar refractivity (Wildman–Crippen MR) is 103 cm³/mol. The van der Waals surface area contributed by atoms with E-state index in [1.807, 2.05) is 12.1 Å². The van der Waals surface area contributed by atoms with Gasteiger partial charge in [-0.15, -0.1) is 36.9 Å². The second-order valence-electron chi connectivity index (χ2n) is 5.78. The zero-order valence-electron chi connectivity index (χ0n) is 14.4. The first kappa shape index (κ1) is 22.1. The number of hydrogen-bond acceptors (Lipinski definition) is 5. The third-order valence-corrected chi connectivity index (χ3v) is 5.40. The molecule has 0 saturated carbocycles. The highest BCUT2D eigenvalue weighted by Gasteiger charge is 2.32. The topological polar surface area (TPSA) is 33.7 Å². The Balaban J connectivity index is 0.00000261. The molecule has 1 aromatic heterocycles. The number of alkyl halides is 3. The van der Waals surface area contributed by atoms with Gasteiger partial charge in [-0.3, -0.25) is 4.90 Å². The van der Waals surface area contributed by atoms with Gasteiger partial charge in [0.25, 0.3) is 0 Å². The molecule has 1 atom stereocenters. The smallest absolute Gasteiger partial charge is 0.496 e. The number of ether oxygens (including phenoxy) is 2. The zero-order chi connectivity index (χ0) is 18.7. The molecule has 2 aromatic rings. The van der Waals surface area contributed by atoms with Crippen molar-refractivity contribution in [2.45, 2.75) is 12.4 Å². The van der Waals surface area contributed by atoms with E-state index in [2.05, 4.69) is 15.0 Å². The van der Waals surface area contributed by atoms with Gasteiger partial charge >= 0.3 is 6.36 Å². The largest absolute Gasteiger partial charge is 0.573 e. The molecule has 4 nitrogen and oxygen atoms in total. The molecular formula is C17H19Cl2F3N2O2S. The minimum Gasteiger partial charge on any atom is -0.496 e. The lowest BCUT2D eigenvalue weighted by atomic mass is 10.0. The first-order chi connectivity index (χ1) is 12.4. The highest BCUT2D eigenvalue weighted by atomic mass is 35.5. The van der Waals surface area contributed by atoms with E-state index < -0.39 is 6.36 Å². The Bertz CT molecular complexity index is 752. The van der Waals surface area contributed by atoms with Gasteiger partial charge in [-0.25, -0.2) is 0 Å². The van der Waals surface area contributed by atoms with Gasteiger partial charge in [0.15, 0.2) is 0 Å². The zero-order valence-corrected chi connectivity index (χ0v) is 16.8. The monoisotopic (exact) mass is 442 g/mol. The van der Waals surface area contributed by atoms with E-state index in [1.165, 1.54) is 30.6 Å². The molecule has 1 aliphatic heterocycles. The Kier molecular flexibility index (Phi) is 7.64. The maximum atomic E-state index is 12.5. The van der Waals surface area contributed by atoms with Gasteiger partial charge in [0.2, 0.25) is 0 Å². The Morgan fingerprint density at radius 1 is 1.19 bits per heavy atom. The standard InChI is InChI=1S/C17H18ClF3N2O2S.ClH/c1-24-13-10-11(25-17(19,20)21)2-3-12(13)16(14-4-5-15(18)26-14)23-8-6-22-7-9-23;/h2-5,10,16,22H,6-9H2,1H3;1H/t16-;/m1./s1. The van der Waals surface area contributed by atoms with Crippen LogP contribution in [-0.4, -0.2) is 44.6 Å². The molecule has 0 bridgehead atoms. The molecule has 1 aromatic carbocycles. The molecule has 0 spiro atoms. The number of nitrogens with one attached hydrogen (secondary N) is 1. The maximum Gasteiger partial charge on any atom is 0.573 e. The Morgan fingerprint density at radius 2 is 1.89 bits per heavy atom. The lowest BCUT2D eigenvalue weighted by molar-refractivity contribution is -0.274. The van der Waals surface area contributed by atoms with E-state index in [0.29, 0.717) is 10.1 Å². The van der Waals surface area contributed by atoms with Crippen LogP contribution in [0.2, 0.25) is 4.34 Å². The Labute approximate surface area is 170 Å². The summed E-state index contributed by atoms with van der Waals surface area (Å²) >= 11 is 7.57. The summed E-state index contributed by atoms with van der Waals surface area (Å²) in [5.74, 6) is 0.0428. The summed E-state index contributed by atoms with van der Waals surface area (Å²) in [6, 6.07) is 7.83. The Hall–Kier alpha value is -1.19. The van der Waals surface area contributed by atoms with Gasteiger partial charge in [-0.1, -0.05) is 11.6 Å². The van der Waals surface area contributed by atoms with Gasteiger partial charge < -0.3 is 14.8 Å². The van der Waals surface area contributed by atoms with Crippen LogP contribution in [0.15, 0.2) is 30.3 Å². The van der Waals surface area contributed by atoms with E-state index in [1.54, 1.807) is 6.07 Å². The molecule has 2 heterocycles. The van der Waals surface area contributed by atoms with Crippen LogP contribution in [0, 0.1) is 0 Å². The number of piperazine rings is 1. The van der Waals surface area contributed by atoms with Crippen LogP contribution < -0.4 is 14.8 Å². The average molecular weight is 443 g/mol. The predicted octanol–water partition coefficient (Wildman–Crippen LogP) is 4.73. The van der Waals surface area contributed by atoms with Crippen molar-refractivity contribution in [3.05, 3.63) is 45.1 Å². The van der Waals surface area contributed by atoms with E-state index >= 15 is 0 Å². The molecule has 1 fully saturated rings. The van der Waals surface area contributed by atoms with Crippen molar-refractivity contribution in [3.8, 4) is 11.5 Å². The van der Waals surface area contributed by atoms with Crippen molar-refractivity contribution in [1.29, 1.82) is 0 Å². The number of halogens is 5. The molecule has 0 unspecified atom stereocenters. The number of methoxy groups -OCH3 is 1. The van der Waals surface area contributed by atoms with Crippen LogP contribution in [0.4, 0.5) is 13.2 Å². The molecule has 150 valence electrons. The quantitative estimate of drug-likeness (QED) is 0.725. The number of thiophene rings is 1. The highest BCUT2D eigenvalue weighted by molar-refractivity contribution is 7.16. The van der Waals surface area contributed by atoms with Crippen LogP contribution in [0.5, 0.6) is 11.5 Å². The average Bonchev–Trinajstić information content (AvgIpc) is 3.02. The summed E-state index contributed by atoms with van der Waals surface area (Å²) in [5, 5.41) is 3.30. The SMILES string of the molecule is COc1cc(OC(F)(F)F)ccc1[C@H](c1ccc(Cl)s1)N1CCNCC1.Cl. The molecule has 27 heavy (non-hydrogen) atoms. The lowest BCUT2D eigenvalue weighted by Crippen LogP contribution is -2.45. The second kappa shape index (κ2) is 9.34. The second-order valence-corrected chi connectivity index (χ2v) is 7.53. The van der Waals surface area contributed by atoms with Gasteiger partial charge in [-0.2, -0.15) is 0 Å².